The molecule has 136 valence electrons. The number of hydrogen-bond acceptors (Lipinski definition) is 6. The van der Waals surface area contributed by atoms with E-state index in [1.165, 1.54) is 0 Å². The number of methoxy groups -OCH3 is 2. The number of amides is 1. The standard InChI is InChI=1S/C14H22FN3O5S/c1-22-6-5-17-3-4-18-13(19)9-10-7-11(15)14(23-2)12(8-10)24(16,20)21/h7-8,17H,3-6,9H2,1-2H3,(H,18,19)(H2,16,20,21). The summed E-state index contributed by atoms with van der Waals surface area (Å²) < 4.78 is 46.5. The van der Waals surface area contributed by atoms with Crippen LogP contribution in [0.3, 0.4) is 0 Å². The van der Waals surface area contributed by atoms with Crippen molar-refractivity contribution in [3.05, 3.63) is 23.5 Å². The number of halogens is 1. The molecule has 1 amide bonds. The van der Waals surface area contributed by atoms with Crippen molar-refractivity contribution >= 4 is 15.9 Å². The minimum absolute atomic E-state index is 0.179. The molecule has 0 aliphatic carbocycles. The van der Waals surface area contributed by atoms with Gasteiger partial charge in [-0.1, -0.05) is 0 Å². The van der Waals surface area contributed by atoms with Crippen LogP contribution >= 0.6 is 0 Å². The van der Waals surface area contributed by atoms with E-state index in [4.69, 9.17) is 14.6 Å². The van der Waals surface area contributed by atoms with Crippen molar-refractivity contribution in [3.8, 4) is 5.75 Å². The number of rotatable bonds is 10. The van der Waals surface area contributed by atoms with Gasteiger partial charge >= 0.3 is 0 Å². The summed E-state index contributed by atoms with van der Waals surface area (Å²) in [7, 11) is -1.45. The molecule has 0 atom stereocenters. The van der Waals surface area contributed by atoms with Crippen LogP contribution in [-0.2, 0) is 26.0 Å². The summed E-state index contributed by atoms with van der Waals surface area (Å²) in [6, 6.07) is 2.18. The topological polar surface area (TPSA) is 120 Å². The molecule has 0 aromatic heterocycles. The molecule has 0 spiro atoms. The monoisotopic (exact) mass is 363 g/mol. The minimum atomic E-state index is -4.17. The number of carbonyl (C=O) groups is 1. The average Bonchev–Trinajstić information content (AvgIpc) is 2.49. The second-order valence-corrected chi connectivity index (χ2v) is 6.45. The van der Waals surface area contributed by atoms with Gasteiger partial charge in [0.25, 0.3) is 0 Å². The molecule has 0 unspecified atom stereocenters. The van der Waals surface area contributed by atoms with Gasteiger partial charge in [-0.05, 0) is 17.7 Å². The van der Waals surface area contributed by atoms with Crippen LogP contribution in [0.15, 0.2) is 17.0 Å². The van der Waals surface area contributed by atoms with Crippen molar-refractivity contribution in [1.82, 2.24) is 10.6 Å². The largest absolute Gasteiger partial charge is 0.492 e. The van der Waals surface area contributed by atoms with E-state index in [2.05, 4.69) is 10.6 Å². The molecule has 0 aliphatic heterocycles. The van der Waals surface area contributed by atoms with Crippen molar-refractivity contribution in [2.75, 3.05) is 40.5 Å². The summed E-state index contributed by atoms with van der Waals surface area (Å²) in [5.41, 5.74) is 0.183. The highest BCUT2D eigenvalue weighted by atomic mass is 32.2. The zero-order chi connectivity index (χ0) is 18.2. The quantitative estimate of drug-likeness (QED) is 0.477. The molecule has 0 fully saturated rings. The number of carbonyl (C=O) groups excluding carboxylic acids is 1. The molecule has 1 aromatic rings. The van der Waals surface area contributed by atoms with E-state index in [1.54, 1.807) is 7.11 Å². The van der Waals surface area contributed by atoms with Gasteiger partial charge in [0, 0.05) is 26.7 Å². The highest BCUT2D eigenvalue weighted by Crippen LogP contribution is 2.27. The first-order valence-electron chi connectivity index (χ1n) is 7.15. The van der Waals surface area contributed by atoms with Crippen LogP contribution in [0.25, 0.3) is 0 Å². The molecule has 0 heterocycles. The molecular formula is C14H22FN3O5S. The van der Waals surface area contributed by atoms with Crippen molar-refractivity contribution in [3.63, 3.8) is 0 Å². The molecule has 1 rings (SSSR count). The number of sulfonamides is 1. The second-order valence-electron chi connectivity index (χ2n) is 4.92. The van der Waals surface area contributed by atoms with Gasteiger partial charge in [-0.25, -0.2) is 17.9 Å². The first-order valence-corrected chi connectivity index (χ1v) is 8.69. The number of primary sulfonamides is 1. The van der Waals surface area contributed by atoms with Crippen LogP contribution < -0.4 is 20.5 Å². The summed E-state index contributed by atoms with van der Waals surface area (Å²) in [4.78, 5) is 11.3. The summed E-state index contributed by atoms with van der Waals surface area (Å²) >= 11 is 0. The molecule has 0 aliphatic rings. The highest BCUT2D eigenvalue weighted by molar-refractivity contribution is 7.89. The Morgan fingerprint density at radius 2 is 1.96 bits per heavy atom. The SMILES string of the molecule is COCCNCCNC(=O)Cc1cc(F)c(OC)c(S(N)(=O)=O)c1. The zero-order valence-electron chi connectivity index (χ0n) is 13.6. The van der Waals surface area contributed by atoms with Gasteiger partial charge in [0.05, 0.1) is 20.1 Å². The number of ether oxygens (including phenoxy) is 2. The summed E-state index contributed by atoms with van der Waals surface area (Å²) in [6.45, 7) is 2.15. The van der Waals surface area contributed by atoms with E-state index in [1.807, 2.05) is 0 Å². The third kappa shape index (κ3) is 6.40. The zero-order valence-corrected chi connectivity index (χ0v) is 14.4. The van der Waals surface area contributed by atoms with Gasteiger partial charge in [0.1, 0.15) is 4.90 Å². The molecule has 0 saturated heterocycles. The van der Waals surface area contributed by atoms with E-state index in [9.17, 15) is 17.6 Å². The second kappa shape index (κ2) is 9.52. The van der Waals surface area contributed by atoms with Gasteiger partial charge < -0.3 is 20.1 Å². The lowest BCUT2D eigenvalue weighted by atomic mass is 10.1. The van der Waals surface area contributed by atoms with Crippen LogP contribution in [0.1, 0.15) is 5.56 Å². The first-order chi connectivity index (χ1) is 11.3. The average molecular weight is 363 g/mol. The lowest BCUT2D eigenvalue weighted by molar-refractivity contribution is -0.120. The molecule has 4 N–H and O–H groups in total. The van der Waals surface area contributed by atoms with Crippen molar-refractivity contribution in [2.45, 2.75) is 11.3 Å². The minimum Gasteiger partial charge on any atom is -0.492 e. The molecule has 1 aromatic carbocycles. The predicted octanol–water partition coefficient (Wildman–Crippen LogP) is -0.624. The Bertz CT molecular complexity index is 667. The Hall–Kier alpha value is -1.75. The van der Waals surface area contributed by atoms with E-state index in [0.29, 0.717) is 26.2 Å². The van der Waals surface area contributed by atoms with Crippen molar-refractivity contribution in [2.24, 2.45) is 5.14 Å². The van der Waals surface area contributed by atoms with Gasteiger partial charge in [0.15, 0.2) is 11.6 Å². The fraction of sp³-hybridized carbons (Fsp3) is 0.500. The third-order valence-electron chi connectivity index (χ3n) is 3.05. The van der Waals surface area contributed by atoms with E-state index < -0.39 is 26.5 Å². The fourth-order valence-electron chi connectivity index (χ4n) is 1.97. The maximum atomic E-state index is 13.9. The van der Waals surface area contributed by atoms with Crippen molar-refractivity contribution in [1.29, 1.82) is 0 Å². The molecule has 0 radical (unpaired) electrons. The van der Waals surface area contributed by atoms with E-state index in [-0.39, 0.29) is 17.9 Å². The predicted molar refractivity (Wildman–Crippen MR) is 85.8 cm³/mol. The smallest absolute Gasteiger partial charge is 0.241 e. The van der Waals surface area contributed by atoms with Crippen molar-refractivity contribution < 1.29 is 27.1 Å². The van der Waals surface area contributed by atoms with Gasteiger partial charge in [0.2, 0.25) is 15.9 Å². The lowest BCUT2D eigenvalue weighted by Crippen LogP contribution is -2.33. The van der Waals surface area contributed by atoms with Crippen LogP contribution in [0.5, 0.6) is 5.75 Å². The van der Waals surface area contributed by atoms with Crippen LogP contribution in [0.2, 0.25) is 0 Å². The molecule has 0 bridgehead atoms. The fourth-order valence-corrected chi connectivity index (χ4v) is 2.73. The third-order valence-corrected chi connectivity index (χ3v) is 3.97. The Morgan fingerprint density at radius 3 is 2.54 bits per heavy atom. The molecule has 24 heavy (non-hydrogen) atoms. The molecular weight excluding hydrogens is 341 g/mol. The van der Waals surface area contributed by atoms with Gasteiger partial charge in [-0.15, -0.1) is 0 Å². The lowest BCUT2D eigenvalue weighted by Gasteiger charge is -2.11. The maximum absolute atomic E-state index is 13.9. The van der Waals surface area contributed by atoms with Gasteiger partial charge in [-0.2, -0.15) is 0 Å². The number of nitrogens with one attached hydrogen (secondary N) is 2. The van der Waals surface area contributed by atoms with Gasteiger partial charge in [-0.3, -0.25) is 4.79 Å². The Morgan fingerprint density at radius 1 is 1.25 bits per heavy atom. The Labute approximate surface area is 140 Å². The molecule has 0 saturated carbocycles. The number of hydrogen-bond donors (Lipinski definition) is 3. The summed E-state index contributed by atoms with van der Waals surface area (Å²) in [6.07, 6.45) is -0.179. The summed E-state index contributed by atoms with van der Waals surface area (Å²) in [5, 5.41) is 10.7. The highest BCUT2D eigenvalue weighted by Gasteiger charge is 2.21. The van der Waals surface area contributed by atoms with E-state index >= 15 is 0 Å². The first kappa shape index (κ1) is 20.3. The number of benzene rings is 1. The Kier molecular flexibility index (Phi) is 8.05. The normalized spacial score (nSPS) is 11.3. The van der Waals surface area contributed by atoms with Crippen LogP contribution in [0, 0.1) is 5.82 Å². The van der Waals surface area contributed by atoms with Crippen LogP contribution in [0.4, 0.5) is 4.39 Å². The maximum Gasteiger partial charge on any atom is 0.241 e. The molecule has 10 heteroatoms. The summed E-state index contributed by atoms with van der Waals surface area (Å²) in [5.74, 6) is -1.73. The molecule has 8 nitrogen and oxygen atoms in total. The Balaban J connectivity index is 2.68. The van der Waals surface area contributed by atoms with Crippen LogP contribution in [-0.4, -0.2) is 54.8 Å². The number of nitrogens with two attached hydrogens (primary N) is 1. The van der Waals surface area contributed by atoms with E-state index in [0.717, 1.165) is 19.2 Å².